The maximum Gasteiger partial charge on any atom is 0.151 e. The standard InChI is InChI=1S/C26H23N5O3/c1-2-7-25-20(5-1)8-9-21(27-25)18-34-23-12-10-22(11-13-23)33-17-19-4-3-6-24(16-19)32-15-14-26-28-30-31-29-26/h1-13,16H,14-15,17-18H2,(H,28,29,30,31). The van der Waals surface area contributed by atoms with Crippen LogP contribution in [0.2, 0.25) is 0 Å². The molecule has 0 aliphatic carbocycles. The van der Waals surface area contributed by atoms with E-state index < -0.39 is 0 Å². The van der Waals surface area contributed by atoms with Gasteiger partial charge in [0, 0.05) is 11.8 Å². The van der Waals surface area contributed by atoms with Gasteiger partial charge in [-0.1, -0.05) is 36.4 Å². The van der Waals surface area contributed by atoms with E-state index in [4.69, 9.17) is 14.2 Å². The minimum Gasteiger partial charge on any atom is -0.493 e. The largest absolute Gasteiger partial charge is 0.493 e. The number of fused-ring (bicyclic) bond motifs is 1. The molecule has 3 aromatic carbocycles. The highest BCUT2D eigenvalue weighted by molar-refractivity contribution is 5.78. The van der Waals surface area contributed by atoms with Crippen LogP contribution in [0.3, 0.4) is 0 Å². The molecule has 0 unspecified atom stereocenters. The molecule has 0 radical (unpaired) electrons. The number of hydrogen-bond donors (Lipinski definition) is 1. The van der Waals surface area contributed by atoms with Crippen LogP contribution in [0.5, 0.6) is 17.2 Å². The number of para-hydroxylation sites is 1. The number of H-pyrrole nitrogens is 1. The second-order valence-corrected chi connectivity index (χ2v) is 7.64. The molecule has 1 N–H and O–H groups in total. The van der Waals surface area contributed by atoms with Gasteiger partial charge in [-0.25, -0.2) is 10.1 Å². The van der Waals surface area contributed by atoms with Crippen LogP contribution in [0, 0.1) is 0 Å². The Morgan fingerprint density at radius 2 is 1.53 bits per heavy atom. The van der Waals surface area contributed by atoms with Crippen molar-refractivity contribution >= 4 is 10.9 Å². The molecule has 170 valence electrons. The van der Waals surface area contributed by atoms with Crippen LogP contribution < -0.4 is 14.2 Å². The summed E-state index contributed by atoms with van der Waals surface area (Å²) in [7, 11) is 0. The van der Waals surface area contributed by atoms with Crippen molar-refractivity contribution in [3.63, 3.8) is 0 Å². The van der Waals surface area contributed by atoms with E-state index in [0.717, 1.165) is 39.4 Å². The van der Waals surface area contributed by atoms with Crippen LogP contribution in [-0.2, 0) is 19.6 Å². The fourth-order valence-corrected chi connectivity index (χ4v) is 3.42. The Morgan fingerprint density at radius 3 is 2.35 bits per heavy atom. The molecule has 0 spiro atoms. The zero-order valence-electron chi connectivity index (χ0n) is 18.4. The first-order chi connectivity index (χ1) is 16.8. The minimum absolute atomic E-state index is 0.408. The van der Waals surface area contributed by atoms with Gasteiger partial charge in [-0.15, -0.1) is 5.10 Å². The first-order valence-electron chi connectivity index (χ1n) is 11.0. The third kappa shape index (κ3) is 5.66. The predicted molar refractivity (Wildman–Crippen MR) is 127 cm³/mol. The average molecular weight is 454 g/mol. The topological polar surface area (TPSA) is 95.0 Å². The second-order valence-electron chi connectivity index (χ2n) is 7.64. The van der Waals surface area contributed by atoms with Crippen LogP contribution in [-0.4, -0.2) is 32.2 Å². The molecule has 0 aliphatic heterocycles. The highest BCUT2D eigenvalue weighted by Gasteiger charge is 2.03. The summed E-state index contributed by atoms with van der Waals surface area (Å²) in [6, 6.07) is 27.5. The molecule has 0 bridgehead atoms. The average Bonchev–Trinajstić information content (AvgIpc) is 3.41. The van der Waals surface area contributed by atoms with Crippen LogP contribution in [0.1, 0.15) is 17.1 Å². The summed E-state index contributed by atoms with van der Waals surface area (Å²) >= 11 is 0. The van der Waals surface area contributed by atoms with Crippen LogP contribution >= 0.6 is 0 Å². The van der Waals surface area contributed by atoms with E-state index in [-0.39, 0.29) is 0 Å². The predicted octanol–water partition coefficient (Wildman–Crippen LogP) is 4.53. The number of nitrogens with zero attached hydrogens (tertiary/aromatic N) is 4. The first-order valence-corrected chi connectivity index (χ1v) is 11.0. The molecular formula is C26H23N5O3. The lowest BCUT2D eigenvalue weighted by molar-refractivity contribution is 0.293. The Bertz CT molecular complexity index is 1340. The summed E-state index contributed by atoms with van der Waals surface area (Å²) in [4.78, 5) is 4.64. The molecule has 34 heavy (non-hydrogen) atoms. The number of benzene rings is 3. The summed E-state index contributed by atoms with van der Waals surface area (Å²) in [5.41, 5.74) is 2.87. The van der Waals surface area contributed by atoms with E-state index in [9.17, 15) is 0 Å². The number of rotatable bonds is 10. The van der Waals surface area contributed by atoms with Gasteiger partial charge in [0.15, 0.2) is 5.82 Å². The van der Waals surface area contributed by atoms with Gasteiger partial charge in [-0.2, -0.15) is 0 Å². The third-order valence-electron chi connectivity index (χ3n) is 5.17. The summed E-state index contributed by atoms with van der Waals surface area (Å²) in [5, 5.41) is 14.8. The molecule has 0 atom stereocenters. The number of pyridine rings is 1. The Morgan fingerprint density at radius 1 is 0.706 bits per heavy atom. The fourth-order valence-electron chi connectivity index (χ4n) is 3.42. The van der Waals surface area contributed by atoms with E-state index >= 15 is 0 Å². The van der Waals surface area contributed by atoms with Crippen LogP contribution in [0.15, 0.2) is 84.9 Å². The van der Waals surface area contributed by atoms with Gasteiger partial charge in [0.2, 0.25) is 0 Å². The molecule has 0 saturated carbocycles. The number of tetrazole rings is 1. The second kappa shape index (κ2) is 10.4. The monoisotopic (exact) mass is 453 g/mol. The number of aromatic nitrogens is 5. The summed E-state index contributed by atoms with van der Waals surface area (Å²) < 4.78 is 17.6. The van der Waals surface area contributed by atoms with Crippen LogP contribution in [0.4, 0.5) is 0 Å². The summed E-state index contributed by atoms with van der Waals surface area (Å²) in [5.74, 6) is 3.00. The maximum absolute atomic E-state index is 5.92. The first kappa shape index (κ1) is 21.4. The molecule has 2 heterocycles. The highest BCUT2D eigenvalue weighted by Crippen LogP contribution is 2.21. The van der Waals surface area contributed by atoms with Gasteiger partial charge >= 0.3 is 0 Å². The van der Waals surface area contributed by atoms with Crippen LogP contribution in [0.25, 0.3) is 10.9 Å². The van der Waals surface area contributed by atoms with Crippen molar-refractivity contribution in [2.24, 2.45) is 0 Å². The summed E-state index contributed by atoms with van der Waals surface area (Å²) in [6.45, 7) is 1.33. The van der Waals surface area contributed by atoms with Gasteiger partial charge in [0.05, 0.1) is 17.8 Å². The smallest absolute Gasteiger partial charge is 0.151 e. The van der Waals surface area contributed by atoms with E-state index in [1.807, 2.05) is 78.9 Å². The number of aromatic amines is 1. The Balaban J connectivity index is 1.10. The van der Waals surface area contributed by atoms with Crippen molar-refractivity contribution in [1.29, 1.82) is 0 Å². The Kier molecular flexibility index (Phi) is 6.57. The molecule has 2 aromatic heterocycles. The van der Waals surface area contributed by atoms with Crippen molar-refractivity contribution in [1.82, 2.24) is 25.6 Å². The molecular weight excluding hydrogens is 430 g/mol. The summed E-state index contributed by atoms with van der Waals surface area (Å²) in [6.07, 6.45) is 0.610. The van der Waals surface area contributed by atoms with Crippen molar-refractivity contribution in [2.75, 3.05) is 6.61 Å². The molecule has 0 fully saturated rings. The van der Waals surface area contributed by atoms with Crippen molar-refractivity contribution in [3.8, 4) is 17.2 Å². The number of ether oxygens (including phenoxy) is 3. The van der Waals surface area contributed by atoms with E-state index in [0.29, 0.717) is 32.1 Å². The lowest BCUT2D eigenvalue weighted by Gasteiger charge is -2.10. The zero-order chi connectivity index (χ0) is 23.0. The SMILES string of the molecule is c1cc(COc2ccc(OCc3ccc4ccccc4n3)cc2)cc(OCCc2nnn[nH]2)c1. The lowest BCUT2D eigenvalue weighted by atomic mass is 10.2. The van der Waals surface area contributed by atoms with Gasteiger partial charge in [-0.3, -0.25) is 0 Å². The van der Waals surface area contributed by atoms with Gasteiger partial charge in [-0.05, 0) is 64.5 Å². The number of hydrogen-bond acceptors (Lipinski definition) is 7. The fraction of sp³-hybridized carbons (Fsp3) is 0.154. The maximum atomic E-state index is 5.92. The third-order valence-corrected chi connectivity index (χ3v) is 5.17. The van der Waals surface area contributed by atoms with Crippen molar-refractivity contribution in [2.45, 2.75) is 19.6 Å². The van der Waals surface area contributed by atoms with Crippen molar-refractivity contribution < 1.29 is 14.2 Å². The molecule has 5 rings (SSSR count). The quantitative estimate of drug-likeness (QED) is 0.332. The van der Waals surface area contributed by atoms with Gasteiger partial charge in [0.25, 0.3) is 0 Å². The van der Waals surface area contributed by atoms with E-state index in [1.54, 1.807) is 0 Å². The molecule has 8 nitrogen and oxygen atoms in total. The van der Waals surface area contributed by atoms with Crippen molar-refractivity contribution in [3.05, 3.63) is 102 Å². The molecule has 0 aliphatic rings. The molecule has 5 aromatic rings. The molecule has 0 amide bonds. The Labute approximate surface area is 196 Å². The van der Waals surface area contributed by atoms with Gasteiger partial charge in [0.1, 0.15) is 30.5 Å². The van der Waals surface area contributed by atoms with Gasteiger partial charge < -0.3 is 14.2 Å². The lowest BCUT2D eigenvalue weighted by Crippen LogP contribution is -2.03. The Hall–Kier alpha value is -4.46. The highest BCUT2D eigenvalue weighted by atomic mass is 16.5. The van der Waals surface area contributed by atoms with E-state index in [2.05, 4.69) is 31.7 Å². The normalized spacial score (nSPS) is 10.8. The van der Waals surface area contributed by atoms with E-state index in [1.165, 1.54) is 0 Å². The molecule has 0 saturated heterocycles. The number of nitrogens with one attached hydrogen (secondary N) is 1. The molecule has 8 heteroatoms. The zero-order valence-corrected chi connectivity index (χ0v) is 18.4. The minimum atomic E-state index is 0.408.